The minimum absolute atomic E-state index is 0.0145. The number of allylic oxidation sites excluding steroid dienone is 4. The molecule has 2 amide bonds. The van der Waals surface area contributed by atoms with E-state index in [9.17, 15) is 34.2 Å². The summed E-state index contributed by atoms with van der Waals surface area (Å²) in [5.74, 6) is -3.41. The molecule has 4 aliphatic carbocycles. The zero-order valence-electron chi connectivity index (χ0n) is 35.8. The van der Waals surface area contributed by atoms with Crippen molar-refractivity contribution in [3.8, 4) is 0 Å². The van der Waals surface area contributed by atoms with E-state index in [0.717, 1.165) is 26.3 Å². The first kappa shape index (κ1) is 46.3. The molecule has 0 spiro atoms. The van der Waals surface area contributed by atoms with E-state index in [4.69, 9.17) is 23.7 Å². The zero-order valence-corrected chi connectivity index (χ0v) is 36.6. The first-order valence-electron chi connectivity index (χ1n) is 21.7. The molecule has 2 aliphatic heterocycles. The summed E-state index contributed by atoms with van der Waals surface area (Å²) < 4.78 is 63.2. The lowest BCUT2D eigenvalue weighted by Crippen LogP contribution is -2.70. The van der Waals surface area contributed by atoms with E-state index in [2.05, 4.69) is 0 Å². The number of fused-ring (bicyclic) bond motifs is 7. The fourth-order valence-corrected chi connectivity index (χ4v) is 12.0. The van der Waals surface area contributed by atoms with Crippen LogP contribution in [0.2, 0.25) is 0 Å². The lowest BCUT2D eigenvalue weighted by Gasteiger charge is -2.63. The molecule has 0 bridgehead atoms. The number of nitrogens with zero attached hydrogens (tertiary/aromatic N) is 1. The third-order valence-corrected chi connectivity index (χ3v) is 15.2. The molecule has 10 atom stereocenters. The molecule has 342 valence electrons. The maximum atomic E-state index is 17.7. The zero-order chi connectivity index (χ0) is 45.4. The van der Waals surface area contributed by atoms with E-state index >= 15 is 8.78 Å². The molecule has 13 nitrogen and oxygen atoms in total. The predicted octanol–water partition coefficient (Wildman–Crippen LogP) is 4.96. The van der Waals surface area contributed by atoms with Crippen LogP contribution in [0, 0.1) is 22.7 Å². The summed E-state index contributed by atoms with van der Waals surface area (Å²) >= 11 is 1.50. The molecule has 1 saturated heterocycles. The number of imide groups is 1. The second-order valence-electron chi connectivity index (χ2n) is 17.8. The van der Waals surface area contributed by atoms with Crippen LogP contribution >= 0.6 is 11.8 Å². The molecule has 2 N–H and O–H groups in total. The van der Waals surface area contributed by atoms with Gasteiger partial charge in [0, 0.05) is 57.1 Å². The van der Waals surface area contributed by atoms with Gasteiger partial charge in [-0.15, -0.1) is 0 Å². The number of ketones is 3. The van der Waals surface area contributed by atoms with E-state index in [1.54, 1.807) is 6.92 Å². The van der Waals surface area contributed by atoms with Gasteiger partial charge in [-0.25, -0.2) is 8.78 Å². The van der Waals surface area contributed by atoms with Crippen molar-refractivity contribution in [2.75, 3.05) is 52.8 Å². The SMILES string of the molecule is C[C@]12C=CC(=O)C=C1[C@@H](F)C[C@H]1[C@@H]3C[C@H]4O[C@@H](c5ccc(Sc6cccc(CC(=O)CCOCCOCCOCCN7C(=O)C=CC7=O)c6)cc5)O[C@@]4(C(=O)CO)[C@@]3(C)C[C@H](O)[C@@]12F. The quantitative estimate of drug-likeness (QED) is 0.143. The largest absolute Gasteiger partial charge is 0.390 e. The number of ether oxygens (including phenoxy) is 5. The predicted molar refractivity (Wildman–Crippen MR) is 226 cm³/mol. The molecule has 3 saturated carbocycles. The Kier molecular flexibility index (Phi) is 13.4. The maximum absolute atomic E-state index is 17.7. The van der Waals surface area contributed by atoms with Crippen molar-refractivity contribution in [2.45, 2.75) is 91.7 Å². The first-order valence-corrected chi connectivity index (χ1v) is 22.5. The summed E-state index contributed by atoms with van der Waals surface area (Å²) in [4.78, 5) is 64.9. The molecule has 0 unspecified atom stereocenters. The van der Waals surface area contributed by atoms with Crippen molar-refractivity contribution in [2.24, 2.45) is 22.7 Å². The van der Waals surface area contributed by atoms with Crippen LogP contribution in [-0.2, 0) is 54.1 Å². The van der Waals surface area contributed by atoms with E-state index < -0.39 is 76.8 Å². The van der Waals surface area contributed by atoms with Gasteiger partial charge in [0.15, 0.2) is 29.1 Å². The summed E-state index contributed by atoms with van der Waals surface area (Å²) in [5, 5.41) is 22.1. The van der Waals surface area contributed by atoms with Crippen LogP contribution in [0.3, 0.4) is 0 Å². The van der Waals surface area contributed by atoms with Gasteiger partial charge in [-0.3, -0.25) is 28.9 Å². The first-order chi connectivity index (χ1) is 30.6. The van der Waals surface area contributed by atoms with Gasteiger partial charge in [0.25, 0.3) is 11.8 Å². The number of Topliss-reactive ketones (excluding diaryl/α,β-unsaturated/α-hetero) is 2. The van der Waals surface area contributed by atoms with Gasteiger partial charge < -0.3 is 33.9 Å². The third-order valence-electron chi connectivity index (χ3n) is 14.2. The number of carbonyl (C=O) groups excluding carboxylic acids is 5. The Morgan fingerprint density at radius 2 is 1.58 bits per heavy atom. The van der Waals surface area contributed by atoms with Crippen LogP contribution in [0.1, 0.15) is 56.9 Å². The number of aliphatic hydroxyl groups is 2. The highest BCUT2D eigenvalue weighted by Gasteiger charge is 2.80. The Labute approximate surface area is 374 Å². The molecule has 64 heavy (non-hydrogen) atoms. The van der Waals surface area contributed by atoms with Crippen molar-refractivity contribution >= 4 is 40.9 Å². The normalized spacial score (nSPS) is 33.8. The minimum Gasteiger partial charge on any atom is -0.390 e. The van der Waals surface area contributed by atoms with E-state index in [1.165, 1.54) is 43.0 Å². The highest BCUT2D eigenvalue weighted by Crippen LogP contribution is 2.72. The highest BCUT2D eigenvalue weighted by atomic mass is 32.2. The lowest BCUT2D eigenvalue weighted by molar-refractivity contribution is -0.235. The smallest absolute Gasteiger partial charge is 0.253 e. The number of alkyl halides is 2. The number of aliphatic hydroxyl groups excluding tert-OH is 2. The van der Waals surface area contributed by atoms with Gasteiger partial charge in [0.1, 0.15) is 18.6 Å². The second kappa shape index (κ2) is 18.6. The molecule has 8 rings (SSSR count). The summed E-state index contributed by atoms with van der Waals surface area (Å²) in [7, 11) is 0. The van der Waals surface area contributed by atoms with Crippen LogP contribution in [0.5, 0.6) is 0 Å². The molecule has 4 fully saturated rings. The second-order valence-corrected chi connectivity index (χ2v) is 18.9. The average molecular weight is 906 g/mol. The number of hydrogen-bond donors (Lipinski definition) is 2. The fraction of sp³-hybridized carbons (Fsp3) is 0.521. The number of amides is 2. The van der Waals surface area contributed by atoms with Gasteiger partial charge in [-0.05, 0) is 79.7 Å². The highest BCUT2D eigenvalue weighted by molar-refractivity contribution is 7.99. The summed E-state index contributed by atoms with van der Waals surface area (Å²) in [6, 6.07) is 15.1. The number of halogens is 2. The van der Waals surface area contributed by atoms with Crippen LogP contribution < -0.4 is 0 Å². The van der Waals surface area contributed by atoms with Gasteiger partial charge >= 0.3 is 0 Å². The van der Waals surface area contributed by atoms with E-state index in [0.29, 0.717) is 32.0 Å². The van der Waals surface area contributed by atoms with Crippen molar-refractivity contribution in [3.05, 3.63) is 95.6 Å². The number of hydrogen-bond acceptors (Lipinski definition) is 13. The van der Waals surface area contributed by atoms with Crippen molar-refractivity contribution < 1.29 is 66.7 Å². The van der Waals surface area contributed by atoms with Crippen LogP contribution in [0.4, 0.5) is 8.78 Å². The van der Waals surface area contributed by atoms with Crippen LogP contribution in [0.15, 0.2) is 94.3 Å². The number of rotatable bonds is 19. The Hall–Kier alpha value is -4.26. The number of benzene rings is 2. The van der Waals surface area contributed by atoms with Gasteiger partial charge in [-0.2, -0.15) is 0 Å². The molecule has 0 aromatic heterocycles. The standard InChI is InChI=1S/C48H53F2NO12S/c1-45-14-12-31(53)24-37(45)38(49)25-36-35-26-41-48(40(56)28-52,46(35,2)27-39(55)47(36,45)50)63-44(62-41)30-6-8-33(9-7-30)64-34-5-3-4-29(23-34)22-32(54)13-16-59-18-20-61-21-19-60-17-15-51-42(57)10-11-43(51)58/h3-12,14,23-24,35-36,38-39,41,44,52,55H,13,15-22,25-28H2,1-2H3/t35-,36-,38-,39-,41+,44+,45-,46-,47-,48+/m0/s1. The lowest BCUT2D eigenvalue weighted by atomic mass is 9.44. The summed E-state index contributed by atoms with van der Waals surface area (Å²) in [6.45, 7) is 4.35. The Bertz CT molecular complexity index is 2230. The Balaban J connectivity index is 0.817. The summed E-state index contributed by atoms with van der Waals surface area (Å²) in [6.07, 6.45) is 1.17. The Morgan fingerprint density at radius 1 is 0.891 bits per heavy atom. The molecule has 0 radical (unpaired) electrons. The monoisotopic (exact) mass is 905 g/mol. The molecule has 2 aromatic rings. The van der Waals surface area contributed by atoms with Gasteiger partial charge in [-0.1, -0.05) is 49.0 Å². The third kappa shape index (κ3) is 8.18. The van der Waals surface area contributed by atoms with Crippen LogP contribution in [-0.4, -0.2) is 127 Å². The molecule has 2 heterocycles. The summed E-state index contributed by atoms with van der Waals surface area (Å²) in [5.41, 5.74) is -5.37. The molecular weight excluding hydrogens is 853 g/mol. The van der Waals surface area contributed by atoms with Gasteiger partial charge in [0.05, 0.1) is 58.4 Å². The Morgan fingerprint density at radius 3 is 2.28 bits per heavy atom. The van der Waals surface area contributed by atoms with Gasteiger partial charge in [0.2, 0.25) is 0 Å². The van der Waals surface area contributed by atoms with E-state index in [-0.39, 0.29) is 75.0 Å². The van der Waals surface area contributed by atoms with Crippen molar-refractivity contribution in [1.82, 2.24) is 4.90 Å². The molecular formula is C48H53F2NO12S. The molecule has 2 aromatic carbocycles. The maximum Gasteiger partial charge on any atom is 0.253 e. The minimum atomic E-state index is -2.33. The van der Waals surface area contributed by atoms with E-state index in [1.807, 2.05) is 48.5 Å². The molecule has 6 aliphatic rings. The van der Waals surface area contributed by atoms with Crippen molar-refractivity contribution in [3.63, 3.8) is 0 Å². The average Bonchev–Trinajstić information content (AvgIpc) is 3.89. The number of carbonyl (C=O) groups is 5. The van der Waals surface area contributed by atoms with Crippen LogP contribution in [0.25, 0.3) is 0 Å². The fourth-order valence-electron chi connectivity index (χ4n) is 11.1. The molecule has 16 heteroatoms. The topological polar surface area (TPSA) is 175 Å². The van der Waals surface area contributed by atoms with Crippen molar-refractivity contribution in [1.29, 1.82) is 0 Å².